The fourth-order valence-electron chi connectivity index (χ4n) is 2.10. The minimum Gasteiger partial charge on any atom is -0.390 e. The number of halogens is 2. The zero-order chi connectivity index (χ0) is 12.3. The van der Waals surface area contributed by atoms with Crippen LogP contribution in [0.4, 0.5) is 8.78 Å². The van der Waals surface area contributed by atoms with E-state index in [4.69, 9.17) is 0 Å². The van der Waals surface area contributed by atoms with Gasteiger partial charge in [0.1, 0.15) is 11.6 Å². The SMILES string of the molecule is CC(C)CC(C)(O)Cc1cc(F)cc(F)c1. The van der Waals surface area contributed by atoms with E-state index in [1.807, 2.05) is 13.8 Å². The van der Waals surface area contributed by atoms with Gasteiger partial charge in [0.25, 0.3) is 0 Å². The molecule has 0 aliphatic carbocycles. The molecule has 0 saturated carbocycles. The molecule has 0 radical (unpaired) electrons. The Labute approximate surface area is 95.1 Å². The van der Waals surface area contributed by atoms with Crippen LogP contribution in [-0.4, -0.2) is 10.7 Å². The Hall–Kier alpha value is -0.960. The zero-order valence-electron chi connectivity index (χ0n) is 9.93. The standard InChI is InChI=1S/C13H18F2O/c1-9(2)7-13(3,16)8-10-4-11(14)6-12(15)5-10/h4-6,9,16H,7-8H2,1-3H3. The van der Waals surface area contributed by atoms with Gasteiger partial charge in [-0.15, -0.1) is 0 Å². The van der Waals surface area contributed by atoms with E-state index in [0.29, 0.717) is 17.9 Å². The Morgan fingerprint density at radius 3 is 2.12 bits per heavy atom. The number of rotatable bonds is 4. The minimum atomic E-state index is -0.922. The molecule has 0 saturated heterocycles. The van der Waals surface area contributed by atoms with Crippen LogP contribution in [0.1, 0.15) is 32.8 Å². The Morgan fingerprint density at radius 2 is 1.69 bits per heavy atom. The van der Waals surface area contributed by atoms with E-state index in [1.165, 1.54) is 12.1 Å². The molecule has 0 aliphatic rings. The van der Waals surface area contributed by atoms with Crippen LogP contribution in [0.25, 0.3) is 0 Å². The Morgan fingerprint density at radius 1 is 1.19 bits per heavy atom. The molecular weight excluding hydrogens is 210 g/mol. The lowest BCUT2D eigenvalue weighted by Crippen LogP contribution is -2.29. The van der Waals surface area contributed by atoms with Crippen LogP contribution in [0, 0.1) is 17.6 Å². The molecule has 16 heavy (non-hydrogen) atoms. The van der Waals surface area contributed by atoms with Crippen LogP contribution in [0.2, 0.25) is 0 Å². The average Bonchev–Trinajstić information content (AvgIpc) is 1.95. The molecule has 1 N–H and O–H groups in total. The lowest BCUT2D eigenvalue weighted by atomic mass is 9.88. The van der Waals surface area contributed by atoms with Crippen molar-refractivity contribution in [2.75, 3.05) is 0 Å². The third-order valence-electron chi connectivity index (χ3n) is 2.36. The second-order valence-corrected chi connectivity index (χ2v) is 5.05. The maximum absolute atomic E-state index is 12.9. The molecule has 0 aromatic heterocycles. The zero-order valence-corrected chi connectivity index (χ0v) is 9.93. The van der Waals surface area contributed by atoms with Gasteiger partial charge in [0.2, 0.25) is 0 Å². The van der Waals surface area contributed by atoms with Gasteiger partial charge in [0, 0.05) is 12.5 Å². The van der Waals surface area contributed by atoms with Crippen molar-refractivity contribution in [1.82, 2.24) is 0 Å². The molecule has 1 atom stereocenters. The Bertz CT molecular complexity index is 339. The molecule has 3 heteroatoms. The number of hydrogen-bond donors (Lipinski definition) is 1. The number of aliphatic hydroxyl groups is 1. The molecule has 1 nitrogen and oxygen atoms in total. The summed E-state index contributed by atoms with van der Waals surface area (Å²) in [5.74, 6) is -0.862. The quantitative estimate of drug-likeness (QED) is 0.838. The van der Waals surface area contributed by atoms with Gasteiger partial charge in [-0.25, -0.2) is 8.78 Å². The highest BCUT2D eigenvalue weighted by Gasteiger charge is 2.22. The second-order valence-electron chi connectivity index (χ2n) is 5.05. The highest BCUT2D eigenvalue weighted by Crippen LogP contribution is 2.22. The van der Waals surface area contributed by atoms with Crippen molar-refractivity contribution >= 4 is 0 Å². The summed E-state index contributed by atoms with van der Waals surface area (Å²) in [5.41, 5.74) is -0.433. The van der Waals surface area contributed by atoms with Crippen molar-refractivity contribution in [3.63, 3.8) is 0 Å². The first-order valence-corrected chi connectivity index (χ1v) is 5.46. The fraction of sp³-hybridized carbons (Fsp3) is 0.538. The van der Waals surface area contributed by atoms with E-state index in [0.717, 1.165) is 6.07 Å². The van der Waals surface area contributed by atoms with E-state index in [9.17, 15) is 13.9 Å². The third-order valence-corrected chi connectivity index (χ3v) is 2.36. The maximum atomic E-state index is 12.9. The van der Waals surface area contributed by atoms with E-state index < -0.39 is 17.2 Å². The predicted molar refractivity (Wildman–Crippen MR) is 60.1 cm³/mol. The highest BCUT2D eigenvalue weighted by molar-refractivity contribution is 5.19. The van der Waals surface area contributed by atoms with Crippen molar-refractivity contribution in [1.29, 1.82) is 0 Å². The molecule has 1 unspecified atom stereocenters. The summed E-state index contributed by atoms with van der Waals surface area (Å²) in [4.78, 5) is 0. The minimum absolute atomic E-state index is 0.264. The third kappa shape index (κ3) is 4.27. The Balaban J connectivity index is 2.79. The van der Waals surface area contributed by atoms with Crippen LogP contribution in [0.5, 0.6) is 0 Å². The van der Waals surface area contributed by atoms with Gasteiger partial charge in [-0.1, -0.05) is 13.8 Å². The normalized spacial score (nSPS) is 15.2. The summed E-state index contributed by atoms with van der Waals surface area (Å²) >= 11 is 0. The summed E-state index contributed by atoms with van der Waals surface area (Å²) in [7, 11) is 0. The molecule has 0 aliphatic heterocycles. The molecule has 90 valence electrons. The van der Waals surface area contributed by atoms with Gasteiger partial charge in [-0.2, -0.15) is 0 Å². The van der Waals surface area contributed by atoms with Crippen LogP contribution in [-0.2, 0) is 6.42 Å². The van der Waals surface area contributed by atoms with E-state index >= 15 is 0 Å². The first kappa shape index (κ1) is 13.1. The van der Waals surface area contributed by atoms with Crippen molar-refractivity contribution < 1.29 is 13.9 Å². The molecule has 1 aromatic carbocycles. The predicted octanol–water partition coefficient (Wildman–Crippen LogP) is 3.30. The van der Waals surface area contributed by atoms with E-state index in [2.05, 4.69) is 0 Å². The molecule has 1 aromatic rings. The van der Waals surface area contributed by atoms with E-state index in [-0.39, 0.29) is 6.42 Å². The summed E-state index contributed by atoms with van der Waals surface area (Å²) in [6.07, 6.45) is 0.866. The number of benzene rings is 1. The topological polar surface area (TPSA) is 20.2 Å². The second kappa shape index (κ2) is 4.91. The molecule has 0 fully saturated rings. The fourth-order valence-corrected chi connectivity index (χ4v) is 2.10. The van der Waals surface area contributed by atoms with Crippen molar-refractivity contribution in [2.24, 2.45) is 5.92 Å². The maximum Gasteiger partial charge on any atom is 0.126 e. The lowest BCUT2D eigenvalue weighted by Gasteiger charge is -2.25. The van der Waals surface area contributed by atoms with Gasteiger partial charge in [-0.05, 0) is 37.0 Å². The van der Waals surface area contributed by atoms with Gasteiger partial charge in [-0.3, -0.25) is 0 Å². The summed E-state index contributed by atoms with van der Waals surface area (Å²) in [5, 5.41) is 10.1. The van der Waals surface area contributed by atoms with Crippen LogP contribution >= 0.6 is 0 Å². The van der Waals surface area contributed by atoms with Crippen molar-refractivity contribution in [3.05, 3.63) is 35.4 Å². The molecule has 1 rings (SSSR count). The first-order valence-electron chi connectivity index (χ1n) is 5.46. The van der Waals surface area contributed by atoms with Crippen LogP contribution in [0.3, 0.4) is 0 Å². The molecular formula is C13H18F2O. The lowest BCUT2D eigenvalue weighted by molar-refractivity contribution is 0.0387. The number of hydrogen-bond acceptors (Lipinski definition) is 1. The Kier molecular flexibility index (Phi) is 4.03. The van der Waals surface area contributed by atoms with Gasteiger partial charge in [0.15, 0.2) is 0 Å². The monoisotopic (exact) mass is 228 g/mol. The van der Waals surface area contributed by atoms with Crippen molar-refractivity contribution in [3.8, 4) is 0 Å². The smallest absolute Gasteiger partial charge is 0.126 e. The summed E-state index contributed by atoms with van der Waals surface area (Å²) < 4.78 is 25.9. The molecule has 0 spiro atoms. The van der Waals surface area contributed by atoms with Crippen molar-refractivity contribution in [2.45, 2.75) is 39.2 Å². The summed E-state index contributed by atoms with van der Waals surface area (Å²) in [6.45, 7) is 5.69. The largest absolute Gasteiger partial charge is 0.390 e. The van der Waals surface area contributed by atoms with E-state index in [1.54, 1.807) is 6.92 Å². The molecule has 0 bridgehead atoms. The highest BCUT2D eigenvalue weighted by atomic mass is 19.1. The van der Waals surface area contributed by atoms with Crippen LogP contribution in [0.15, 0.2) is 18.2 Å². The average molecular weight is 228 g/mol. The molecule has 0 amide bonds. The van der Waals surface area contributed by atoms with Gasteiger partial charge in [0.05, 0.1) is 5.60 Å². The summed E-state index contributed by atoms with van der Waals surface area (Å²) in [6, 6.07) is 3.36. The van der Waals surface area contributed by atoms with Crippen LogP contribution < -0.4 is 0 Å². The van der Waals surface area contributed by atoms with Gasteiger partial charge >= 0.3 is 0 Å². The molecule has 0 heterocycles. The first-order chi connectivity index (χ1) is 7.28. The van der Waals surface area contributed by atoms with Gasteiger partial charge < -0.3 is 5.11 Å².